The van der Waals surface area contributed by atoms with Crippen molar-refractivity contribution in [3.8, 4) is 0 Å². The van der Waals surface area contributed by atoms with E-state index in [1.807, 2.05) is 32.0 Å². The third-order valence-electron chi connectivity index (χ3n) is 5.49. The van der Waals surface area contributed by atoms with E-state index in [4.69, 9.17) is 0 Å². The predicted molar refractivity (Wildman–Crippen MR) is 119 cm³/mol. The molecule has 0 saturated heterocycles. The van der Waals surface area contributed by atoms with Crippen molar-refractivity contribution in [2.45, 2.75) is 20.4 Å². The standard InChI is InChI=1S/C24H20N4O4/c1-15-4-3-5-20(16(15)2)26-22-21(18-6-8-19(9-7-18)28(31)32)23(29)27(24(22)30)14-17-10-12-25-13-11-17/h3-13,26H,14H2,1-2H3. The molecule has 160 valence electrons. The summed E-state index contributed by atoms with van der Waals surface area (Å²) in [5.74, 6) is -0.922. The molecule has 0 bridgehead atoms. The number of aryl methyl sites for hydroxylation is 1. The van der Waals surface area contributed by atoms with E-state index in [0.29, 0.717) is 11.3 Å². The van der Waals surface area contributed by atoms with Crippen LogP contribution in [0.5, 0.6) is 0 Å². The number of nitro groups is 1. The average molecular weight is 428 g/mol. The lowest BCUT2D eigenvalue weighted by Crippen LogP contribution is -2.32. The first kappa shape index (κ1) is 20.9. The Balaban J connectivity index is 1.78. The number of aromatic nitrogens is 1. The summed E-state index contributed by atoms with van der Waals surface area (Å²) in [6.07, 6.45) is 3.20. The third kappa shape index (κ3) is 3.85. The smallest absolute Gasteiger partial charge is 0.278 e. The Labute approximate surface area is 184 Å². The van der Waals surface area contributed by atoms with Gasteiger partial charge in [-0.25, -0.2) is 0 Å². The molecule has 0 radical (unpaired) electrons. The second-order valence-electron chi connectivity index (χ2n) is 7.48. The Kier molecular flexibility index (Phi) is 5.51. The highest BCUT2D eigenvalue weighted by Gasteiger charge is 2.39. The Morgan fingerprint density at radius 3 is 2.31 bits per heavy atom. The van der Waals surface area contributed by atoms with Gasteiger partial charge in [-0.05, 0) is 66.4 Å². The first-order chi connectivity index (χ1) is 15.4. The van der Waals surface area contributed by atoms with Crippen LogP contribution in [0.3, 0.4) is 0 Å². The van der Waals surface area contributed by atoms with Gasteiger partial charge in [-0.2, -0.15) is 0 Å². The van der Waals surface area contributed by atoms with E-state index in [9.17, 15) is 19.7 Å². The molecule has 2 amide bonds. The SMILES string of the molecule is Cc1cccc(NC2=C(c3ccc([N+](=O)[O-])cc3)C(=O)N(Cc3ccncc3)C2=O)c1C. The maximum atomic E-state index is 13.3. The van der Waals surface area contributed by atoms with Gasteiger partial charge < -0.3 is 5.32 Å². The van der Waals surface area contributed by atoms with E-state index in [1.165, 1.54) is 29.2 Å². The van der Waals surface area contributed by atoms with Crippen LogP contribution in [-0.4, -0.2) is 26.6 Å². The van der Waals surface area contributed by atoms with Gasteiger partial charge in [0.15, 0.2) is 0 Å². The number of anilines is 1. The minimum atomic E-state index is -0.509. The number of amides is 2. The molecule has 1 aliphatic rings. The molecule has 0 spiro atoms. The Morgan fingerprint density at radius 2 is 1.66 bits per heavy atom. The lowest BCUT2D eigenvalue weighted by molar-refractivity contribution is -0.384. The van der Waals surface area contributed by atoms with E-state index in [-0.39, 0.29) is 23.5 Å². The highest BCUT2D eigenvalue weighted by atomic mass is 16.6. The number of non-ortho nitro benzene ring substituents is 1. The van der Waals surface area contributed by atoms with Crippen LogP contribution in [0.25, 0.3) is 5.57 Å². The van der Waals surface area contributed by atoms with Crippen molar-refractivity contribution in [2.24, 2.45) is 0 Å². The van der Waals surface area contributed by atoms with Crippen LogP contribution in [0, 0.1) is 24.0 Å². The van der Waals surface area contributed by atoms with Crippen molar-refractivity contribution in [3.63, 3.8) is 0 Å². The van der Waals surface area contributed by atoms with Crippen LogP contribution < -0.4 is 5.32 Å². The van der Waals surface area contributed by atoms with Crippen molar-refractivity contribution in [2.75, 3.05) is 5.32 Å². The maximum absolute atomic E-state index is 13.3. The fourth-order valence-electron chi connectivity index (χ4n) is 3.55. The summed E-state index contributed by atoms with van der Waals surface area (Å²) in [4.78, 5) is 42.3. The molecule has 1 N–H and O–H groups in total. The largest absolute Gasteiger partial charge is 0.350 e. The molecule has 2 heterocycles. The minimum Gasteiger partial charge on any atom is -0.350 e. The molecule has 32 heavy (non-hydrogen) atoms. The van der Waals surface area contributed by atoms with E-state index in [2.05, 4.69) is 10.3 Å². The van der Waals surface area contributed by atoms with Gasteiger partial charge in [0.2, 0.25) is 0 Å². The van der Waals surface area contributed by atoms with Crippen molar-refractivity contribution < 1.29 is 14.5 Å². The average Bonchev–Trinajstić information content (AvgIpc) is 3.02. The summed E-state index contributed by atoms with van der Waals surface area (Å²) in [5.41, 5.74) is 4.13. The Bertz CT molecular complexity index is 1250. The quantitative estimate of drug-likeness (QED) is 0.361. The van der Waals surface area contributed by atoms with Gasteiger partial charge in [0.25, 0.3) is 17.5 Å². The molecule has 0 saturated carbocycles. The highest BCUT2D eigenvalue weighted by molar-refractivity contribution is 6.36. The van der Waals surface area contributed by atoms with Crippen molar-refractivity contribution in [3.05, 3.63) is 105 Å². The lowest BCUT2D eigenvalue weighted by atomic mass is 10.0. The van der Waals surface area contributed by atoms with Gasteiger partial charge in [0.1, 0.15) is 5.70 Å². The second kappa shape index (κ2) is 8.43. The van der Waals surface area contributed by atoms with Gasteiger partial charge in [-0.15, -0.1) is 0 Å². The second-order valence-corrected chi connectivity index (χ2v) is 7.48. The number of carbonyl (C=O) groups excluding carboxylic acids is 2. The van der Waals surface area contributed by atoms with Crippen LogP contribution in [0.15, 0.2) is 72.7 Å². The number of nitro benzene ring substituents is 1. The van der Waals surface area contributed by atoms with Gasteiger partial charge >= 0.3 is 0 Å². The van der Waals surface area contributed by atoms with Crippen LogP contribution in [0.1, 0.15) is 22.3 Å². The molecular formula is C24H20N4O4. The summed E-state index contributed by atoms with van der Waals surface area (Å²) in [5, 5.41) is 14.2. The summed E-state index contributed by atoms with van der Waals surface area (Å²) >= 11 is 0. The number of hydrogen-bond acceptors (Lipinski definition) is 6. The number of carbonyl (C=O) groups is 2. The fourth-order valence-corrected chi connectivity index (χ4v) is 3.55. The molecular weight excluding hydrogens is 408 g/mol. The molecule has 0 unspecified atom stereocenters. The molecule has 4 rings (SSSR count). The Hall–Kier alpha value is -4.33. The number of nitrogens with one attached hydrogen (secondary N) is 1. The van der Waals surface area contributed by atoms with E-state index < -0.39 is 16.7 Å². The molecule has 1 aliphatic heterocycles. The molecule has 3 aromatic rings. The number of pyridine rings is 1. The van der Waals surface area contributed by atoms with Crippen LogP contribution in [0.4, 0.5) is 11.4 Å². The normalized spacial score (nSPS) is 13.6. The minimum absolute atomic E-state index is 0.0919. The molecule has 0 aliphatic carbocycles. The van der Waals surface area contributed by atoms with Crippen LogP contribution >= 0.6 is 0 Å². The van der Waals surface area contributed by atoms with Crippen molar-refractivity contribution in [1.29, 1.82) is 0 Å². The zero-order chi connectivity index (χ0) is 22.8. The first-order valence-corrected chi connectivity index (χ1v) is 9.94. The molecule has 8 nitrogen and oxygen atoms in total. The molecule has 0 atom stereocenters. The van der Waals surface area contributed by atoms with Crippen molar-refractivity contribution in [1.82, 2.24) is 9.88 Å². The third-order valence-corrected chi connectivity index (χ3v) is 5.49. The summed E-state index contributed by atoms with van der Waals surface area (Å²) < 4.78 is 0. The molecule has 8 heteroatoms. The topological polar surface area (TPSA) is 105 Å². The summed E-state index contributed by atoms with van der Waals surface area (Å²) in [7, 11) is 0. The predicted octanol–water partition coefficient (Wildman–Crippen LogP) is 4.00. The number of imide groups is 1. The first-order valence-electron chi connectivity index (χ1n) is 9.94. The van der Waals surface area contributed by atoms with Gasteiger partial charge in [-0.1, -0.05) is 12.1 Å². The number of benzene rings is 2. The van der Waals surface area contributed by atoms with Gasteiger partial charge in [0, 0.05) is 30.2 Å². The van der Waals surface area contributed by atoms with E-state index >= 15 is 0 Å². The number of rotatable bonds is 6. The zero-order valence-corrected chi connectivity index (χ0v) is 17.5. The van der Waals surface area contributed by atoms with Gasteiger partial charge in [0.05, 0.1) is 17.0 Å². The fraction of sp³-hybridized carbons (Fsp3) is 0.125. The summed E-state index contributed by atoms with van der Waals surface area (Å²) in [6.45, 7) is 3.98. The van der Waals surface area contributed by atoms with Crippen LogP contribution in [0.2, 0.25) is 0 Å². The Morgan fingerprint density at radius 1 is 0.969 bits per heavy atom. The molecule has 1 aromatic heterocycles. The monoisotopic (exact) mass is 428 g/mol. The van der Waals surface area contributed by atoms with Crippen molar-refractivity contribution >= 4 is 28.8 Å². The maximum Gasteiger partial charge on any atom is 0.278 e. The van der Waals surface area contributed by atoms with Gasteiger partial charge in [-0.3, -0.25) is 29.6 Å². The van der Waals surface area contributed by atoms with E-state index in [1.54, 1.807) is 24.5 Å². The summed E-state index contributed by atoms with van der Waals surface area (Å²) in [6, 6.07) is 14.8. The highest BCUT2D eigenvalue weighted by Crippen LogP contribution is 2.33. The van der Waals surface area contributed by atoms with E-state index in [0.717, 1.165) is 16.7 Å². The number of nitrogens with zero attached hydrogens (tertiary/aromatic N) is 3. The zero-order valence-electron chi connectivity index (χ0n) is 17.5. The molecule has 0 fully saturated rings. The molecule has 2 aromatic carbocycles. The lowest BCUT2D eigenvalue weighted by Gasteiger charge is -2.16. The van der Waals surface area contributed by atoms with Crippen LogP contribution in [-0.2, 0) is 16.1 Å². The number of hydrogen-bond donors (Lipinski definition) is 1.